The van der Waals surface area contributed by atoms with Gasteiger partial charge in [0.1, 0.15) is 0 Å². The Morgan fingerprint density at radius 3 is 2.06 bits per heavy atom. The van der Waals surface area contributed by atoms with Crippen LogP contribution in [0.25, 0.3) is 0 Å². The highest BCUT2D eigenvalue weighted by atomic mass is 16.2. The van der Waals surface area contributed by atoms with Gasteiger partial charge in [-0.25, -0.2) is 0 Å². The minimum atomic E-state index is -0.549. The monoisotopic (exact) mass is 415 g/mol. The summed E-state index contributed by atoms with van der Waals surface area (Å²) in [4.78, 5) is 37.6. The van der Waals surface area contributed by atoms with Crippen molar-refractivity contribution in [2.24, 2.45) is 0 Å². The van der Waals surface area contributed by atoms with E-state index >= 15 is 0 Å². The predicted molar refractivity (Wildman–Crippen MR) is 119 cm³/mol. The standard InChI is InChI=1S/C25H25N3O3/c1-17-13-14-21(18(2)15-17)25(31)28-27-23(29)16-22(19-9-5-3-6-10-19)26-24(30)20-11-7-4-8-12-20/h3-15,22H,16H2,1-2H3,(H,26,30)(H,27,29)(H,28,31)/t22-/m0/s1. The third-order valence-electron chi connectivity index (χ3n) is 4.87. The Balaban J connectivity index is 1.65. The van der Waals surface area contributed by atoms with Crippen LogP contribution in [0, 0.1) is 13.8 Å². The van der Waals surface area contributed by atoms with E-state index in [0.29, 0.717) is 11.1 Å². The molecule has 6 nitrogen and oxygen atoms in total. The molecule has 3 aromatic carbocycles. The lowest BCUT2D eigenvalue weighted by molar-refractivity contribution is -0.122. The number of hydrogen-bond acceptors (Lipinski definition) is 3. The summed E-state index contributed by atoms with van der Waals surface area (Å²) < 4.78 is 0. The second kappa shape index (κ2) is 10.2. The zero-order valence-electron chi connectivity index (χ0n) is 17.5. The first-order valence-electron chi connectivity index (χ1n) is 10.0. The van der Waals surface area contributed by atoms with E-state index in [2.05, 4.69) is 16.2 Å². The maximum atomic E-state index is 12.6. The average Bonchev–Trinajstić information content (AvgIpc) is 2.78. The summed E-state index contributed by atoms with van der Waals surface area (Å²) in [5, 5.41) is 2.90. The number of hydrazine groups is 1. The van der Waals surface area contributed by atoms with Gasteiger partial charge in [0.05, 0.1) is 12.5 Å². The van der Waals surface area contributed by atoms with Gasteiger partial charge in [-0.05, 0) is 43.2 Å². The van der Waals surface area contributed by atoms with Crippen LogP contribution < -0.4 is 16.2 Å². The first kappa shape index (κ1) is 21.8. The number of benzene rings is 3. The second-order valence-electron chi connectivity index (χ2n) is 7.33. The third kappa shape index (κ3) is 6.02. The summed E-state index contributed by atoms with van der Waals surface area (Å²) in [5.41, 5.74) is 8.56. The lowest BCUT2D eigenvalue weighted by Crippen LogP contribution is -2.43. The van der Waals surface area contributed by atoms with Crippen LogP contribution in [-0.4, -0.2) is 17.7 Å². The van der Waals surface area contributed by atoms with Crippen molar-refractivity contribution in [1.29, 1.82) is 0 Å². The van der Waals surface area contributed by atoms with Gasteiger partial charge in [-0.15, -0.1) is 0 Å². The van der Waals surface area contributed by atoms with Gasteiger partial charge in [-0.3, -0.25) is 25.2 Å². The zero-order valence-corrected chi connectivity index (χ0v) is 17.5. The first-order chi connectivity index (χ1) is 14.9. The normalized spacial score (nSPS) is 11.3. The minimum absolute atomic E-state index is 0.0320. The number of rotatable bonds is 6. The Labute approximate surface area is 181 Å². The number of aryl methyl sites for hydroxylation is 2. The SMILES string of the molecule is Cc1ccc(C(=O)NNC(=O)C[C@H](NC(=O)c2ccccc2)c2ccccc2)c(C)c1. The van der Waals surface area contributed by atoms with E-state index in [1.54, 1.807) is 30.3 Å². The van der Waals surface area contributed by atoms with Crippen LogP contribution in [0.5, 0.6) is 0 Å². The van der Waals surface area contributed by atoms with Crippen LogP contribution in [0.4, 0.5) is 0 Å². The smallest absolute Gasteiger partial charge is 0.269 e. The summed E-state index contributed by atoms with van der Waals surface area (Å²) >= 11 is 0. The van der Waals surface area contributed by atoms with E-state index in [0.717, 1.165) is 16.7 Å². The van der Waals surface area contributed by atoms with Crippen LogP contribution in [0.3, 0.4) is 0 Å². The Bertz CT molecular complexity index is 1070. The number of carbonyl (C=O) groups excluding carboxylic acids is 3. The van der Waals surface area contributed by atoms with E-state index in [9.17, 15) is 14.4 Å². The fourth-order valence-corrected chi connectivity index (χ4v) is 3.27. The van der Waals surface area contributed by atoms with E-state index in [1.165, 1.54) is 0 Å². The fraction of sp³-hybridized carbons (Fsp3) is 0.160. The molecule has 0 spiro atoms. The van der Waals surface area contributed by atoms with Crippen molar-refractivity contribution in [1.82, 2.24) is 16.2 Å². The largest absolute Gasteiger partial charge is 0.345 e. The van der Waals surface area contributed by atoms with Gasteiger partial charge in [0, 0.05) is 11.1 Å². The van der Waals surface area contributed by atoms with Gasteiger partial charge in [-0.1, -0.05) is 66.2 Å². The third-order valence-corrected chi connectivity index (χ3v) is 4.87. The van der Waals surface area contributed by atoms with E-state index in [1.807, 2.05) is 62.4 Å². The minimum Gasteiger partial charge on any atom is -0.345 e. The highest BCUT2D eigenvalue weighted by Crippen LogP contribution is 2.17. The Morgan fingerprint density at radius 2 is 1.42 bits per heavy atom. The van der Waals surface area contributed by atoms with Gasteiger partial charge in [0.15, 0.2) is 0 Å². The molecule has 0 bridgehead atoms. The molecule has 6 heteroatoms. The summed E-state index contributed by atoms with van der Waals surface area (Å²) in [6.07, 6.45) is -0.0320. The molecule has 0 saturated heterocycles. The number of carbonyl (C=O) groups is 3. The van der Waals surface area contributed by atoms with Gasteiger partial charge in [0.2, 0.25) is 5.91 Å². The summed E-state index contributed by atoms with van der Waals surface area (Å²) in [7, 11) is 0. The van der Waals surface area contributed by atoms with E-state index in [4.69, 9.17) is 0 Å². The summed E-state index contributed by atoms with van der Waals surface area (Å²) in [6.45, 7) is 3.79. The summed E-state index contributed by atoms with van der Waals surface area (Å²) in [6, 6.07) is 23.0. The quantitative estimate of drug-likeness (QED) is 0.538. The first-order valence-corrected chi connectivity index (χ1v) is 10.0. The molecule has 3 N–H and O–H groups in total. The molecule has 3 amide bonds. The Kier molecular flexibility index (Phi) is 7.17. The maximum Gasteiger partial charge on any atom is 0.269 e. The molecule has 0 aromatic heterocycles. The molecular weight excluding hydrogens is 390 g/mol. The summed E-state index contributed by atoms with van der Waals surface area (Å²) in [5.74, 6) is -1.09. The van der Waals surface area contributed by atoms with Gasteiger partial charge >= 0.3 is 0 Å². The molecule has 0 aliphatic rings. The highest BCUT2D eigenvalue weighted by molar-refractivity contribution is 5.97. The molecule has 0 unspecified atom stereocenters. The molecule has 1 atom stereocenters. The lowest BCUT2D eigenvalue weighted by atomic mass is 10.0. The molecule has 0 aliphatic carbocycles. The molecule has 3 rings (SSSR count). The number of hydrogen-bond donors (Lipinski definition) is 3. The van der Waals surface area contributed by atoms with Crippen LogP contribution in [0.1, 0.15) is 49.9 Å². The number of nitrogens with one attached hydrogen (secondary N) is 3. The van der Waals surface area contributed by atoms with Crippen molar-refractivity contribution in [3.05, 3.63) is 107 Å². The maximum absolute atomic E-state index is 12.6. The van der Waals surface area contributed by atoms with Gasteiger partial charge in [0.25, 0.3) is 11.8 Å². The zero-order chi connectivity index (χ0) is 22.2. The molecule has 158 valence electrons. The predicted octanol–water partition coefficient (Wildman–Crippen LogP) is 3.63. The topological polar surface area (TPSA) is 87.3 Å². The molecule has 0 saturated carbocycles. The Hall–Kier alpha value is -3.93. The van der Waals surface area contributed by atoms with E-state index < -0.39 is 17.9 Å². The number of amides is 3. The van der Waals surface area contributed by atoms with E-state index in [-0.39, 0.29) is 12.3 Å². The van der Waals surface area contributed by atoms with Crippen LogP contribution in [-0.2, 0) is 4.79 Å². The molecule has 0 heterocycles. The van der Waals surface area contributed by atoms with Crippen molar-refractivity contribution in [2.45, 2.75) is 26.3 Å². The van der Waals surface area contributed by atoms with Crippen molar-refractivity contribution in [3.8, 4) is 0 Å². The van der Waals surface area contributed by atoms with Crippen molar-refractivity contribution < 1.29 is 14.4 Å². The second-order valence-corrected chi connectivity index (χ2v) is 7.33. The molecular formula is C25H25N3O3. The fourth-order valence-electron chi connectivity index (χ4n) is 3.27. The van der Waals surface area contributed by atoms with Crippen molar-refractivity contribution >= 4 is 17.7 Å². The van der Waals surface area contributed by atoms with Gasteiger partial charge < -0.3 is 5.32 Å². The average molecular weight is 415 g/mol. The van der Waals surface area contributed by atoms with Crippen LogP contribution >= 0.6 is 0 Å². The van der Waals surface area contributed by atoms with Gasteiger partial charge in [-0.2, -0.15) is 0 Å². The molecule has 0 radical (unpaired) electrons. The molecule has 31 heavy (non-hydrogen) atoms. The van der Waals surface area contributed by atoms with Crippen LogP contribution in [0.15, 0.2) is 78.9 Å². The van der Waals surface area contributed by atoms with Crippen molar-refractivity contribution in [3.63, 3.8) is 0 Å². The Morgan fingerprint density at radius 1 is 0.774 bits per heavy atom. The highest BCUT2D eigenvalue weighted by Gasteiger charge is 2.20. The molecule has 0 fully saturated rings. The molecule has 3 aromatic rings. The van der Waals surface area contributed by atoms with Crippen molar-refractivity contribution in [2.75, 3.05) is 0 Å². The lowest BCUT2D eigenvalue weighted by Gasteiger charge is -2.19. The van der Waals surface area contributed by atoms with Crippen LogP contribution in [0.2, 0.25) is 0 Å². The molecule has 0 aliphatic heterocycles.